The van der Waals surface area contributed by atoms with Crippen LogP contribution in [0.2, 0.25) is 0 Å². The molecule has 1 atom stereocenters. The summed E-state index contributed by atoms with van der Waals surface area (Å²) >= 11 is 0. The van der Waals surface area contributed by atoms with Crippen LogP contribution >= 0.6 is 0 Å². The second-order valence-corrected chi connectivity index (χ2v) is 5.16. The summed E-state index contributed by atoms with van der Waals surface area (Å²) in [6, 6.07) is 0. The quantitative estimate of drug-likeness (QED) is 0.760. The van der Waals surface area contributed by atoms with E-state index >= 15 is 0 Å². The lowest BCUT2D eigenvalue weighted by Crippen LogP contribution is -2.38. The predicted molar refractivity (Wildman–Crippen MR) is 62.6 cm³/mol. The molecule has 1 unspecified atom stereocenters. The van der Waals surface area contributed by atoms with Crippen molar-refractivity contribution in [2.45, 2.75) is 45.6 Å². The topological polar surface area (TPSA) is 75.6 Å². The van der Waals surface area contributed by atoms with E-state index in [4.69, 9.17) is 9.84 Å². The Morgan fingerprint density at radius 3 is 2.65 bits per heavy atom. The molecule has 1 amide bonds. The van der Waals surface area contributed by atoms with Gasteiger partial charge < -0.3 is 15.2 Å². The highest BCUT2D eigenvalue weighted by atomic mass is 16.5. The Morgan fingerprint density at radius 2 is 2.12 bits per heavy atom. The largest absolute Gasteiger partial charge is 0.481 e. The van der Waals surface area contributed by atoms with Gasteiger partial charge in [-0.2, -0.15) is 0 Å². The van der Waals surface area contributed by atoms with Gasteiger partial charge in [0.1, 0.15) is 0 Å². The molecule has 1 aliphatic heterocycles. The highest BCUT2D eigenvalue weighted by Crippen LogP contribution is 2.20. The third-order valence-electron chi connectivity index (χ3n) is 2.98. The molecule has 0 saturated carbocycles. The molecule has 0 aromatic heterocycles. The SMILES string of the molecule is CC(C)(CC(=O)NCC1CCCCO1)C(=O)O. The number of rotatable bonds is 5. The first-order chi connectivity index (χ1) is 7.92. The van der Waals surface area contributed by atoms with Gasteiger partial charge in [-0.1, -0.05) is 0 Å². The van der Waals surface area contributed by atoms with Gasteiger partial charge in [0.15, 0.2) is 0 Å². The van der Waals surface area contributed by atoms with E-state index in [1.165, 1.54) is 0 Å². The maximum atomic E-state index is 11.6. The maximum Gasteiger partial charge on any atom is 0.309 e. The molecule has 0 bridgehead atoms. The number of hydrogen-bond acceptors (Lipinski definition) is 3. The Bertz CT molecular complexity index is 282. The second-order valence-electron chi connectivity index (χ2n) is 5.16. The second kappa shape index (κ2) is 6.00. The van der Waals surface area contributed by atoms with E-state index in [0.717, 1.165) is 25.9 Å². The van der Waals surface area contributed by atoms with Crippen molar-refractivity contribution in [3.8, 4) is 0 Å². The standard InChI is InChI=1S/C12H21NO4/c1-12(2,11(15)16)7-10(14)13-8-9-5-3-4-6-17-9/h9H,3-8H2,1-2H3,(H,13,14)(H,15,16). The number of carboxylic acids is 1. The van der Waals surface area contributed by atoms with Crippen LogP contribution < -0.4 is 5.32 Å². The summed E-state index contributed by atoms with van der Waals surface area (Å²) in [5, 5.41) is 11.6. The molecule has 1 saturated heterocycles. The Kier molecular flexibility index (Phi) is 4.93. The molecule has 0 radical (unpaired) electrons. The first-order valence-corrected chi connectivity index (χ1v) is 6.03. The van der Waals surface area contributed by atoms with E-state index in [2.05, 4.69) is 5.32 Å². The van der Waals surface area contributed by atoms with Gasteiger partial charge in [0.2, 0.25) is 5.91 Å². The number of carboxylic acid groups (broad SMARTS) is 1. The van der Waals surface area contributed by atoms with Crippen LogP contribution in [0, 0.1) is 5.41 Å². The fourth-order valence-corrected chi connectivity index (χ4v) is 1.74. The van der Waals surface area contributed by atoms with Crippen molar-refractivity contribution < 1.29 is 19.4 Å². The molecule has 1 fully saturated rings. The Hall–Kier alpha value is -1.10. The highest BCUT2D eigenvalue weighted by molar-refractivity contribution is 5.84. The van der Waals surface area contributed by atoms with Gasteiger partial charge in [-0.05, 0) is 33.1 Å². The van der Waals surface area contributed by atoms with Crippen LogP contribution in [0.3, 0.4) is 0 Å². The van der Waals surface area contributed by atoms with Crippen molar-refractivity contribution in [1.82, 2.24) is 5.32 Å². The number of nitrogens with one attached hydrogen (secondary N) is 1. The summed E-state index contributed by atoms with van der Waals surface area (Å²) in [5.74, 6) is -1.19. The molecule has 0 aromatic rings. The Balaban J connectivity index is 2.27. The van der Waals surface area contributed by atoms with Crippen molar-refractivity contribution in [2.24, 2.45) is 5.41 Å². The summed E-state index contributed by atoms with van der Waals surface area (Å²) in [7, 11) is 0. The molecule has 17 heavy (non-hydrogen) atoms. The van der Waals surface area contributed by atoms with Crippen LogP contribution in [0.4, 0.5) is 0 Å². The van der Waals surface area contributed by atoms with E-state index < -0.39 is 11.4 Å². The summed E-state index contributed by atoms with van der Waals surface area (Å²) in [5.41, 5.74) is -1.02. The molecular formula is C12H21NO4. The zero-order valence-electron chi connectivity index (χ0n) is 10.5. The van der Waals surface area contributed by atoms with Crippen molar-refractivity contribution in [3.63, 3.8) is 0 Å². The third-order valence-corrected chi connectivity index (χ3v) is 2.98. The minimum absolute atomic E-state index is 0.00491. The first-order valence-electron chi connectivity index (χ1n) is 6.03. The van der Waals surface area contributed by atoms with Gasteiger partial charge in [0, 0.05) is 19.6 Å². The van der Waals surface area contributed by atoms with Crippen LogP contribution in [0.15, 0.2) is 0 Å². The van der Waals surface area contributed by atoms with Gasteiger partial charge in [-0.15, -0.1) is 0 Å². The number of amides is 1. The summed E-state index contributed by atoms with van der Waals surface area (Å²) < 4.78 is 5.47. The molecule has 1 aliphatic rings. The van der Waals surface area contributed by atoms with Gasteiger partial charge in [0.05, 0.1) is 11.5 Å². The fourth-order valence-electron chi connectivity index (χ4n) is 1.74. The Labute approximate surface area is 102 Å². The van der Waals surface area contributed by atoms with Crippen LogP contribution in [-0.2, 0) is 14.3 Å². The van der Waals surface area contributed by atoms with Crippen molar-refractivity contribution >= 4 is 11.9 Å². The van der Waals surface area contributed by atoms with Gasteiger partial charge in [0.25, 0.3) is 0 Å². The lowest BCUT2D eigenvalue weighted by molar-refractivity contribution is -0.149. The normalized spacial score (nSPS) is 20.9. The lowest BCUT2D eigenvalue weighted by Gasteiger charge is -2.24. The van der Waals surface area contributed by atoms with Gasteiger partial charge in [-0.3, -0.25) is 9.59 Å². The summed E-state index contributed by atoms with van der Waals surface area (Å²) in [4.78, 5) is 22.4. The molecule has 0 aliphatic carbocycles. The van der Waals surface area contributed by atoms with Crippen LogP contribution in [0.25, 0.3) is 0 Å². The zero-order chi connectivity index (χ0) is 12.9. The first kappa shape index (κ1) is 14.0. The molecule has 5 heteroatoms. The van der Waals surface area contributed by atoms with Crippen LogP contribution in [0.1, 0.15) is 39.5 Å². The number of hydrogen-bond donors (Lipinski definition) is 2. The molecule has 98 valence electrons. The van der Waals surface area contributed by atoms with E-state index in [1.54, 1.807) is 13.8 Å². The third kappa shape index (κ3) is 4.73. The highest BCUT2D eigenvalue weighted by Gasteiger charge is 2.30. The van der Waals surface area contributed by atoms with Gasteiger partial charge in [-0.25, -0.2) is 0 Å². The Morgan fingerprint density at radius 1 is 1.41 bits per heavy atom. The van der Waals surface area contributed by atoms with Crippen molar-refractivity contribution in [3.05, 3.63) is 0 Å². The molecule has 0 aromatic carbocycles. The number of ether oxygens (including phenoxy) is 1. The van der Waals surface area contributed by atoms with Crippen LogP contribution in [0.5, 0.6) is 0 Å². The number of aliphatic carboxylic acids is 1. The zero-order valence-corrected chi connectivity index (χ0v) is 10.5. The van der Waals surface area contributed by atoms with E-state index in [9.17, 15) is 9.59 Å². The molecule has 1 rings (SSSR count). The van der Waals surface area contributed by atoms with E-state index in [0.29, 0.717) is 6.54 Å². The maximum absolute atomic E-state index is 11.6. The molecule has 5 nitrogen and oxygen atoms in total. The average Bonchev–Trinajstić information content (AvgIpc) is 2.27. The summed E-state index contributed by atoms with van der Waals surface area (Å²) in [6.45, 7) is 4.33. The smallest absolute Gasteiger partial charge is 0.309 e. The average molecular weight is 243 g/mol. The fraction of sp³-hybridized carbons (Fsp3) is 0.833. The molecular weight excluding hydrogens is 222 g/mol. The predicted octanol–water partition coefficient (Wildman–Crippen LogP) is 1.17. The summed E-state index contributed by atoms with van der Waals surface area (Å²) in [6.07, 6.45) is 3.25. The van der Waals surface area contributed by atoms with E-state index in [1.807, 2.05) is 0 Å². The number of carbonyl (C=O) groups excluding carboxylic acids is 1. The van der Waals surface area contributed by atoms with Crippen molar-refractivity contribution in [1.29, 1.82) is 0 Å². The molecule has 2 N–H and O–H groups in total. The minimum Gasteiger partial charge on any atom is -0.481 e. The van der Waals surface area contributed by atoms with E-state index in [-0.39, 0.29) is 18.4 Å². The molecule has 1 heterocycles. The number of carbonyl (C=O) groups is 2. The van der Waals surface area contributed by atoms with Gasteiger partial charge >= 0.3 is 5.97 Å². The molecule has 0 spiro atoms. The lowest BCUT2D eigenvalue weighted by atomic mass is 9.89. The van der Waals surface area contributed by atoms with Crippen molar-refractivity contribution in [2.75, 3.05) is 13.2 Å². The van der Waals surface area contributed by atoms with Crippen LogP contribution in [-0.4, -0.2) is 36.2 Å². The monoisotopic (exact) mass is 243 g/mol. The minimum atomic E-state index is -1.02.